The van der Waals surface area contributed by atoms with Crippen LogP contribution in [0.5, 0.6) is 5.75 Å². The van der Waals surface area contributed by atoms with Crippen LogP contribution in [0.2, 0.25) is 0 Å². The first-order chi connectivity index (χ1) is 9.44. The first-order valence-electron chi connectivity index (χ1n) is 6.40. The van der Waals surface area contributed by atoms with Crippen molar-refractivity contribution < 1.29 is 23.1 Å². The molecule has 108 valence electrons. The number of aliphatic hydroxyl groups excluding tert-OH is 1. The molecule has 0 saturated carbocycles. The minimum absolute atomic E-state index is 0.00805. The molecule has 2 atom stereocenters. The molecule has 1 aromatic carbocycles. The van der Waals surface area contributed by atoms with Gasteiger partial charge in [0, 0.05) is 5.92 Å². The number of benzene rings is 1. The normalized spacial score (nSPS) is 25.4. The molecule has 1 aromatic rings. The molecule has 2 N–H and O–H groups in total. The number of rotatable bonds is 2. The first-order valence-corrected chi connectivity index (χ1v) is 8.22. The minimum atomic E-state index is -3.03. The zero-order chi connectivity index (χ0) is 14.3. The van der Waals surface area contributed by atoms with Crippen molar-refractivity contribution in [2.45, 2.75) is 12.5 Å². The van der Waals surface area contributed by atoms with Crippen molar-refractivity contribution in [2.75, 3.05) is 23.4 Å². The average Bonchev–Trinajstić information content (AvgIpc) is 2.77. The summed E-state index contributed by atoms with van der Waals surface area (Å²) < 4.78 is 28.2. The zero-order valence-corrected chi connectivity index (χ0v) is 11.5. The molecule has 3 rings (SSSR count). The van der Waals surface area contributed by atoms with E-state index in [2.05, 4.69) is 5.32 Å². The molecule has 1 amide bonds. The fourth-order valence-electron chi connectivity index (χ4n) is 2.63. The van der Waals surface area contributed by atoms with Crippen molar-refractivity contribution in [1.82, 2.24) is 0 Å². The maximum absolute atomic E-state index is 11.5. The molecule has 6 nitrogen and oxygen atoms in total. The summed E-state index contributed by atoms with van der Waals surface area (Å²) in [6, 6.07) is 5.02. The van der Waals surface area contributed by atoms with Gasteiger partial charge in [-0.25, -0.2) is 8.42 Å². The van der Waals surface area contributed by atoms with Gasteiger partial charge >= 0.3 is 0 Å². The highest BCUT2D eigenvalue weighted by Crippen LogP contribution is 2.35. The second-order valence-corrected chi connectivity index (χ2v) is 7.43. The van der Waals surface area contributed by atoms with Gasteiger partial charge in [0.05, 0.1) is 23.3 Å². The molecule has 2 heterocycles. The number of hydrogen-bond donors (Lipinski definition) is 2. The summed E-state index contributed by atoms with van der Waals surface area (Å²) in [5, 5.41) is 13.0. The van der Waals surface area contributed by atoms with Crippen molar-refractivity contribution in [3.63, 3.8) is 0 Å². The van der Waals surface area contributed by atoms with Crippen LogP contribution in [-0.2, 0) is 14.6 Å². The van der Waals surface area contributed by atoms with E-state index in [0.29, 0.717) is 23.4 Å². The van der Waals surface area contributed by atoms with Crippen molar-refractivity contribution in [1.29, 1.82) is 0 Å². The monoisotopic (exact) mass is 297 g/mol. The van der Waals surface area contributed by atoms with E-state index in [4.69, 9.17) is 4.74 Å². The molecule has 1 fully saturated rings. The summed E-state index contributed by atoms with van der Waals surface area (Å²) in [6.07, 6.45) is -0.389. The minimum Gasteiger partial charge on any atom is -0.482 e. The van der Waals surface area contributed by atoms with Crippen LogP contribution in [0.15, 0.2) is 18.2 Å². The number of fused-ring (bicyclic) bond motifs is 1. The lowest BCUT2D eigenvalue weighted by molar-refractivity contribution is -0.118. The van der Waals surface area contributed by atoms with E-state index in [1.54, 1.807) is 18.2 Å². The summed E-state index contributed by atoms with van der Waals surface area (Å²) in [6.45, 7) is -0.0181. The Balaban J connectivity index is 1.84. The number of amides is 1. The summed E-state index contributed by atoms with van der Waals surface area (Å²) in [4.78, 5) is 11.3. The Morgan fingerprint density at radius 2 is 2.20 bits per heavy atom. The van der Waals surface area contributed by atoms with Crippen LogP contribution in [0, 0.1) is 5.92 Å². The Kier molecular flexibility index (Phi) is 3.18. The van der Waals surface area contributed by atoms with Gasteiger partial charge < -0.3 is 15.2 Å². The zero-order valence-electron chi connectivity index (χ0n) is 10.7. The molecule has 2 aliphatic heterocycles. The average molecular weight is 297 g/mol. The van der Waals surface area contributed by atoms with Crippen LogP contribution >= 0.6 is 0 Å². The molecule has 1 saturated heterocycles. The number of aliphatic hydroxyl groups is 1. The number of anilines is 1. The number of carbonyl (C=O) groups excluding carboxylic acids is 1. The van der Waals surface area contributed by atoms with E-state index in [1.165, 1.54) is 0 Å². The van der Waals surface area contributed by atoms with E-state index in [1.807, 2.05) is 0 Å². The highest BCUT2D eigenvalue weighted by atomic mass is 32.2. The van der Waals surface area contributed by atoms with Gasteiger partial charge in [0.1, 0.15) is 5.75 Å². The van der Waals surface area contributed by atoms with Crippen LogP contribution in [0.1, 0.15) is 18.1 Å². The Hall–Kier alpha value is -1.60. The lowest BCUT2D eigenvalue weighted by Crippen LogP contribution is -2.25. The Morgan fingerprint density at radius 3 is 2.90 bits per heavy atom. The smallest absolute Gasteiger partial charge is 0.262 e. The third-order valence-corrected chi connectivity index (χ3v) is 5.49. The van der Waals surface area contributed by atoms with Gasteiger partial charge in [-0.15, -0.1) is 0 Å². The fourth-order valence-corrected chi connectivity index (χ4v) is 4.46. The van der Waals surface area contributed by atoms with Crippen LogP contribution in [0.25, 0.3) is 0 Å². The van der Waals surface area contributed by atoms with Gasteiger partial charge in [-0.05, 0) is 24.1 Å². The molecular formula is C13H15NO5S. The van der Waals surface area contributed by atoms with Crippen molar-refractivity contribution in [3.8, 4) is 5.75 Å². The Bertz CT molecular complexity index is 655. The number of carbonyl (C=O) groups is 1. The molecule has 0 bridgehead atoms. The topological polar surface area (TPSA) is 92.7 Å². The third kappa shape index (κ3) is 2.51. The first kappa shape index (κ1) is 13.4. The Labute approximate surface area is 116 Å². The van der Waals surface area contributed by atoms with Crippen molar-refractivity contribution >= 4 is 21.4 Å². The number of hydrogen-bond acceptors (Lipinski definition) is 5. The van der Waals surface area contributed by atoms with E-state index in [-0.39, 0.29) is 29.9 Å². The summed E-state index contributed by atoms with van der Waals surface area (Å²) >= 11 is 0. The van der Waals surface area contributed by atoms with Gasteiger partial charge in [-0.1, -0.05) is 6.07 Å². The summed E-state index contributed by atoms with van der Waals surface area (Å²) in [5.74, 6) is 0.151. The lowest BCUT2D eigenvalue weighted by Gasteiger charge is -2.22. The molecule has 0 aromatic heterocycles. The molecule has 20 heavy (non-hydrogen) atoms. The van der Waals surface area contributed by atoms with E-state index >= 15 is 0 Å². The van der Waals surface area contributed by atoms with Crippen molar-refractivity contribution in [2.24, 2.45) is 5.92 Å². The standard InChI is InChI=1S/C13H15NO5S/c15-12-6-19-11-2-1-8(5-10(11)14-12)13(16)9-3-4-20(17,18)7-9/h1-2,5,9,13,16H,3-4,6-7H2,(H,14,15). The maximum Gasteiger partial charge on any atom is 0.262 e. The third-order valence-electron chi connectivity index (χ3n) is 3.69. The van der Waals surface area contributed by atoms with Crippen molar-refractivity contribution in [3.05, 3.63) is 23.8 Å². The molecule has 0 aliphatic carbocycles. The highest BCUT2D eigenvalue weighted by Gasteiger charge is 2.34. The van der Waals surface area contributed by atoms with Gasteiger partial charge in [0.15, 0.2) is 16.4 Å². The summed E-state index contributed by atoms with van der Waals surface area (Å²) in [7, 11) is -3.03. The van der Waals surface area contributed by atoms with Crippen LogP contribution in [0.3, 0.4) is 0 Å². The predicted octanol–water partition coefficient (Wildman–Crippen LogP) is 0.486. The predicted molar refractivity (Wildman–Crippen MR) is 72.3 cm³/mol. The van der Waals surface area contributed by atoms with Gasteiger partial charge in [-0.2, -0.15) is 0 Å². The van der Waals surface area contributed by atoms with Crippen LogP contribution in [-0.4, -0.2) is 37.5 Å². The van der Waals surface area contributed by atoms with Crippen LogP contribution in [0.4, 0.5) is 5.69 Å². The van der Waals surface area contributed by atoms with E-state index in [0.717, 1.165) is 0 Å². The van der Waals surface area contributed by atoms with Gasteiger partial charge in [0.25, 0.3) is 5.91 Å². The lowest BCUT2D eigenvalue weighted by atomic mass is 9.95. The summed E-state index contributed by atoms with van der Waals surface area (Å²) in [5.41, 5.74) is 1.11. The van der Waals surface area contributed by atoms with Gasteiger partial charge in [-0.3, -0.25) is 4.79 Å². The fraction of sp³-hybridized carbons (Fsp3) is 0.462. The molecular weight excluding hydrogens is 282 g/mol. The number of sulfone groups is 1. The van der Waals surface area contributed by atoms with Gasteiger partial charge in [0.2, 0.25) is 0 Å². The number of nitrogens with one attached hydrogen (secondary N) is 1. The molecule has 0 radical (unpaired) electrons. The largest absolute Gasteiger partial charge is 0.482 e. The molecule has 2 aliphatic rings. The van der Waals surface area contributed by atoms with Crippen LogP contribution < -0.4 is 10.1 Å². The van der Waals surface area contributed by atoms with E-state index in [9.17, 15) is 18.3 Å². The Morgan fingerprint density at radius 1 is 1.40 bits per heavy atom. The molecule has 2 unspecified atom stereocenters. The number of ether oxygens (including phenoxy) is 1. The molecule has 0 spiro atoms. The second kappa shape index (κ2) is 4.75. The molecule has 7 heteroatoms. The highest BCUT2D eigenvalue weighted by molar-refractivity contribution is 7.91. The quantitative estimate of drug-likeness (QED) is 0.828. The maximum atomic E-state index is 11.5. The second-order valence-electron chi connectivity index (χ2n) is 5.20. The van der Waals surface area contributed by atoms with E-state index < -0.39 is 15.9 Å². The SMILES string of the molecule is O=C1COc2ccc(C(O)C3CCS(=O)(=O)C3)cc2N1.